The number of rotatable bonds is 4. The minimum Gasteiger partial charge on any atom is -0.490 e. The maximum atomic E-state index is 12.9. The number of urea groups is 1. The molecule has 0 unspecified atom stereocenters. The predicted octanol–water partition coefficient (Wildman–Crippen LogP) is 4.42. The van der Waals surface area contributed by atoms with E-state index < -0.39 is 5.72 Å². The molecule has 2 amide bonds. The number of carbonyl (C=O) groups excluding carboxylic acids is 1. The molecule has 2 atom stereocenters. The molecule has 4 rings (SSSR count). The van der Waals surface area contributed by atoms with Gasteiger partial charge < -0.3 is 14.8 Å². The van der Waals surface area contributed by atoms with Crippen LogP contribution in [-0.4, -0.2) is 18.4 Å². The lowest BCUT2D eigenvalue weighted by Gasteiger charge is -2.50. The van der Waals surface area contributed by atoms with Gasteiger partial charge >= 0.3 is 6.03 Å². The highest BCUT2D eigenvalue weighted by Gasteiger charge is 2.50. The van der Waals surface area contributed by atoms with Crippen molar-refractivity contribution in [2.75, 3.05) is 11.5 Å². The minimum atomic E-state index is -0.763. The van der Waals surface area contributed by atoms with Gasteiger partial charge in [0.15, 0.2) is 17.2 Å². The largest absolute Gasteiger partial charge is 0.490 e. The molecule has 0 spiro atoms. The lowest BCUT2D eigenvalue weighted by atomic mass is 9.90. The highest BCUT2D eigenvalue weighted by molar-refractivity contribution is 5.95. The van der Waals surface area contributed by atoms with Crippen LogP contribution in [0.5, 0.6) is 11.5 Å². The summed E-state index contributed by atoms with van der Waals surface area (Å²) in [6.07, 6.45) is 1.64. The first-order valence-corrected chi connectivity index (χ1v) is 9.20. The number of benzene rings is 2. The highest BCUT2D eigenvalue weighted by Crippen LogP contribution is 2.49. The van der Waals surface area contributed by atoms with E-state index in [2.05, 4.69) is 24.4 Å². The second-order valence-electron chi connectivity index (χ2n) is 6.95. The van der Waals surface area contributed by atoms with Gasteiger partial charge in [-0.25, -0.2) is 4.79 Å². The molecule has 1 N–H and O–H groups in total. The van der Waals surface area contributed by atoms with E-state index in [9.17, 15) is 4.79 Å². The number of ether oxygens (including phenoxy) is 2. The maximum absolute atomic E-state index is 12.9. The van der Waals surface area contributed by atoms with Crippen LogP contribution in [0, 0.1) is 0 Å². The van der Waals surface area contributed by atoms with Crippen LogP contribution in [0.25, 0.3) is 0 Å². The molecule has 0 saturated carbocycles. The summed E-state index contributed by atoms with van der Waals surface area (Å²) in [6, 6.07) is 13.7. The Bertz CT molecular complexity index is 834. The zero-order valence-corrected chi connectivity index (χ0v) is 15.4. The summed E-state index contributed by atoms with van der Waals surface area (Å²) in [5, 5.41) is 3.13. The molecular weight excluding hydrogens is 328 g/mol. The fourth-order valence-corrected chi connectivity index (χ4v) is 3.90. The number of para-hydroxylation sites is 1. The Morgan fingerprint density at radius 2 is 2.00 bits per heavy atom. The zero-order chi connectivity index (χ0) is 18.3. The first kappa shape index (κ1) is 16.8. The van der Waals surface area contributed by atoms with Crippen molar-refractivity contribution >= 4 is 11.7 Å². The first-order chi connectivity index (χ1) is 12.6. The average molecular weight is 352 g/mol. The molecule has 1 fully saturated rings. The lowest BCUT2D eigenvalue weighted by Crippen LogP contribution is -2.65. The monoisotopic (exact) mass is 352 g/mol. The predicted molar refractivity (Wildman–Crippen MR) is 101 cm³/mol. The van der Waals surface area contributed by atoms with Gasteiger partial charge in [0.1, 0.15) is 0 Å². The van der Waals surface area contributed by atoms with Gasteiger partial charge in [-0.1, -0.05) is 31.2 Å². The molecule has 0 aliphatic carbocycles. The van der Waals surface area contributed by atoms with Gasteiger partial charge in [0.05, 0.1) is 12.6 Å². The summed E-state index contributed by atoms with van der Waals surface area (Å²) < 4.78 is 12.2. The number of anilines is 1. The van der Waals surface area contributed by atoms with Crippen LogP contribution in [0.4, 0.5) is 10.5 Å². The van der Waals surface area contributed by atoms with Crippen molar-refractivity contribution in [3.05, 3.63) is 53.6 Å². The molecule has 1 saturated heterocycles. The molecule has 0 radical (unpaired) electrons. The van der Waals surface area contributed by atoms with Crippen molar-refractivity contribution in [3.63, 3.8) is 0 Å². The van der Waals surface area contributed by atoms with Crippen LogP contribution in [0.3, 0.4) is 0 Å². The summed E-state index contributed by atoms with van der Waals surface area (Å²) in [7, 11) is 0. The number of aryl methyl sites for hydroxylation is 1. The van der Waals surface area contributed by atoms with Crippen LogP contribution in [0.15, 0.2) is 42.5 Å². The van der Waals surface area contributed by atoms with Crippen molar-refractivity contribution in [2.45, 2.75) is 45.4 Å². The number of hydrogen-bond acceptors (Lipinski definition) is 3. The Morgan fingerprint density at radius 3 is 2.69 bits per heavy atom. The van der Waals surface area contributed by atoms with Crippen LogP contribution < -0.4 is 19.7 Å². The third kappa shape index (κ3) is 2.59. The van der Waals surface area contributed by atoms with Gasteiger partial charge in [0.25, 0.3) is 0 Å². The lowest BCUT2D eigenvalue weighted by molar-refractivity contribution is 0.0343. The molecular formula is C21H24N2O3. The summed E-state index contributed by atoms with van der Waals surface area (Å²) >= 11 is 0. The van der Waals surface area contributed by atoms with Crippen LogP contribution in [0.1, 0.15) is 44.4 Å². The molecule has 2 heterocycles. The standard InChI is InChI=1S/C21H24N2O3/c1-4-14-9-11-15(12-10-14)23-20(24)22-17-13-21(23,3)26-19-16(17)7-6-8-18(19)25-5-2/h6-12,17H,4-5,13H2,1-3H3,(H,22,24)/t17-,21+/m1/s1. The van der Waals surface area contributed by atoms with E-state index in [0.717, 1.165) is 29.2 Å². The Balaban J connectivity index is 1.76. The van der Waals surface area contributed by atoms with Gasteiger partial charge in [-0.2, -0.15) is 0 Å². The zero-order valence-electron chi connectivity index (χ0n) is 15.4. The number of fused-ring (bicyclic) bond motifs is 4. The quantitative estimate of drug-likeness (QED) is 0.886. The van der Waals surface area contributed by atoms with Crippen molar-refractivity contribution < 1.29 is 14.3 Å². The molecule has 26 heavy (non-hydrogen) atoms. The van der Waals surface area contributed by atoms with Crippen molar-refractivity contribution in [3.8, 4) is 11.5 Å². The molecule has 2 aliphatic rings. The SMILES string of the molecule is CCOc1cccc2c1O[C@@]1(C)C[C@H]2NC(=O)N1c1ccc(CC)cc1. The van der Waals surface area contributed by atoms with E-state index in [0.29, 0.717) is 13.0 Å². The second-order valence-corrected chi connectivity index (χ2v) is 6.95. The van der Waals surface area contributed by atoms with Gasteiger partial charge in [0.2, 0.25) is 0 Å². The topological polar surface area (TPSA) is 50.8 Å². The molecule has 5 nitrogen and oxygen atoms in total. The Hall–Kier alpha value is -2.69. The van der Waals surface area contributed by atoms with Crippen molar-refractivity contribution in [1.29, 1.82) is 0 Å². The summed E-state index contributed by atoms with van der Waals surface area (Å²) in [5.74, 6) is 1.45. The van der Waals surface area contributed by atoms with Crippen LogP contribution >= 0.6 is 0 Å². The fourth-order valence-electron chi connectivity index (χ4n) is 3.90. The fraction of sp³-hybridized carbons (Fsp3) is 0.381. The second kappa shape index (κ2) is 6.24. The molecule has 2 aromatic carbocycles. The Labute approximate surface area is 153 Å². The molecule has 136 valence electrons. The normalized spacial score (nSPS) is 23.7. The highest BCUT2D eigenvalue weighted by atomic mass is 16.5. The number of amides is 2. The van der Waals surface area contributed by atoms with Crippen LogP contribution in [-0.2, 0) is 6.42 Å². The minimum absolute atomic E-state index is 0.0807. The first-order valence-electron chi connectivity index (χ1n) is 9.20. The maximum Gasteiger partial charge on any atom is 0.325 e. The molecule has 2 aromatic rings. The van der Waals surface area contributed by atoms with Crippen molar-refractivity contribution in [1.82, 2.24) is 5.32 Å². The van der Waals surface area contributed by atoms with E-state index in [1.165, 1.54) is 5.56 Å². The molecule has 2 aliphatic heterocycles. The summed E-state index contributed by atoms with van der Waals surface area (Å²) in [4.78, 5) is 14.6. The Kier molecular flexibility index (Phi) is 4.02. The van der Waals surface area contributed by atoms with Gasteiger partial charge in [-0.15, -0.1) is 0 Å². The Morgan fingerprint density at radius 1 is 1.23 bits per heavy atom. The van der Waals surface area contributed by atoms with Gasteiger partial charge in [0, 0.05) is 17.7 Å². The average Bonchev–Trinajstić information content (AvgIpc) is 2.62. The van der Waals surface area contributed by atoms with E-state index in [4.69, 9.17) is 9.47 Å². The molecule has 5 heteroatoms. The van der Waals surface area contributed by atoms with Gasteiger partial charge in [-0.05, 0) is 44.0 Å². The number of nitrogens with one attached hydrogen (secondary N) is 1. The smallest absolute Gasteiger partial charge is 0.325 e. The third-order valence-electron chi connectivity index (χ3n) is 5.17. The summed E-state index contributed by atoms with van der Waals surface area (Å²) in [5.41, 5.74) is 2.28. The number of hydrogen-bond donors (Lipinski definition) is 1. The van der Waals surface area contributed by atoms with E-state index >= 15 is 0 Å². The van der Waals surface area contributed by atoms with Gasteiger partial charge in [-0.3, -0.25) is 4.90 Å². The number of nitrogens with zero attached hydrogens (tertiary/aromatic N) is 1. The van der Waals surface area contributed by atoms with Crippen LogP contribution in [0.2, 0.25) is 0 Å². The van der Waals surface area contributed by atoms with E-state index in [1.807, 2.05) is 44.2 Å². The number of carbonyl (C=O) groups is 1. The van der Waals surface area contributed by atoms with E-state index in [1.54, 1.807) is 4.90 Å². The third-order valence-corrected chi connectivity index (χ3v) is 5.17. The molecule has 2 bridgehead atoms. The molecule has 0 aromatic heterocycles. The summed E-state index contributed by atoms with van der Waals surface area (Å²) in [6.45, 7) is 6.60. The van der Waals surface area contributed by atoms with E-state index in [-0.39, 0.29) is 12.1 Å². The van der Waals surface area contributed by atoms with Crippen molar-refractivity contribution in [2.24, 2.45) is 0 Å².